The molecule has 0 unspecified atom stereocenters. The van der Waals surface area contributed by atoms with E-state index in [9.17, 15) is 4.39 Å². The first-order chi connectivity index (χ1) is 10.8. The molecule has 1 aromatic carbocycles. The van der Waals surface area contributed by atoms with Gasteiger partial charge in [0.1, 0.15) is 11.6 Å². The fourth-order valence-corrected chi connectivity index (χ4v) is 2.57. The number of aromatic nitrogens is 2. The summed E-state index contributed by atoms with van der Waals surface area (Å²) in [6, 6.07) is 4.46. The van der Waals surface area contributed by atoms with Gasteiger partial charge in [-0.15, -0.1) is 0 Å². The Balaban J connectivity index is 1.84. The molecule has 0 bridgehead atoms. The minimum Gasteiger partial charge on any atom is -0.496 e. The Morgan fingerprint density at radius 2 is 2.00 bits per heavy atom. The van der Waals surface area contributed by atoms with Gasteiger partial charge >= 0.3 is 0 Å². The molecule has 2 aromatic rings. The van der Waals surface area contributed by atoms with Crippen LogP contribution in [-0.2, 0) is 0 Å². The summed E-state index contributed by atoms with van der Waals surface area (Å²) in [4.78, 5) is 11.1. The first kappa shape index (κ1) is 14.7. The lowest BCUT2D eigenvalue weighted by molar-refractivity contribution is 0.413. The van der Waals surface area contributed by atoms with Crippen LogP contribution in [0.1, 0.15) is 6.42 Å². The summed E-state index contributed by atoms with van der Waals surface area (Å²) < 4.78 is 18.5. The molecule has 22 heavy (non-hydrogen) atoms. The van der Waals surface area contributed by atoms with Gasteiger partial charge in [-0.3, -0.25) is 0 Å². The van der Waals surface area contributed by atoms with Gasteiger partial charge in [0.05, 0.1) is 7.11 Å². The lowest BCUT2D eigenvalue weighted by atomic mass is 10.1. The zero-order valence-electron chi connectivity index (χ0n) is 12.6. The second kappa shape index (κ2) is 6.70. The van der Waals surface area contributed by atoms with Crippen molar-refractivity contribution in [3.63, 3.8) is 0 Å². The largest absolute Gasteiger partial charge is 0.496 e. The molecule has 5 nitrogen and oxygen atoms in total. The summed E-state index contributed by atoms with van der Waals surface area (Å²) in [5.74, 6) is 0.888. The van der Waals surface area contributed by atoms with E-state index in [0.29, 0.717) is 5.75 Å². The summed E-state index contributed by atoms with van der Waals surface area (Å²) in [5, 5.41) is 3.36. The van der Waals surface area contributed by atoms with Crippen LogP contribution in [0, 0.1) is 5.82 Å². The van der Waals surface area contributed by atoms with Gasteiger partial charge in [-0.05, 0) is 25.1 Å². The molecule has 1 saturated heterocycles. The van der Waals surface area contributed by atoms with Crippen LogP contribution in [-0.4, -0.2) is 43.3 Å². The van der Waals surface area contributed by atoms with Crippen molar-refractivity contribution < 1.29 is 9.13 Å². The third-order valence-corrected chi connectivity index (χ3v) is 3.74. The molecule has 1 aliphatic heterocycles. The monoisotopic (exact) mass is 302 g/mol. The molecule has 1 fully saturated rings. The number of benzene rings is 1. The van der Waals surface area contributed by atoms with E-state index in [4.69, 9.17) is 4.74 Å². The van der Waals surface area contributed by atoms with Gasteiger partial charge in [-0.2, -0.15) is 0 Å². The van der Waals surface area contributed by atoms with E-state index < -0.39 is 0 Å². The molecular weight excluding hydrogens is 283 g/mol. The zero-order chi connectivity index (χ0) is 15.4. The van der Waals surface area contributed by atoms with Crippen LogP contribution in [0.5, 0.6) is 5.75 Å². The third kappa shape index (κ3) is 3.17. The van der Waals surface area contributed by atoms with E-state index in [0.717, 1.165) is 49.7 Å². The highest BCUT2D eigenvalue weighted by Gasteiger charge is 2.13. The lowest BCUT2D eigenvalue weighted by Crippen LogP contribution is -2.29. The number of nitrogens with zero attached hydrogens (tertiary/aromatic N) is 3. The highest BCUT2D eigenvalue weighted by atomic mass is 19.1. The minimum atomic E-state index is -0.324. The molecule has 2 heterocycles. The number of nitrogens with one attached hydrogen (secondary N) is 1. The van der Waals surface area contributed by atoms with Crippen molar-refractivity contribution in [2.75, 3.05) is 38.2 Å². The first-order valence-electron chi connectivity index (χ1n) is 7.39. The van der Waals surface area contributed by atoms with Crippen LogP contribution in [0.15, 0.2) is 30.6 Å². The molecule has 0 saturated carbocycles. The van der Waals surface area contributed by atoms with E-state index in [2.05, 4.69) is 20.2 Å². The predicted octanol–water partition coefficient (Wildman–Crippen LogP) is 2.09. The van der Waals surface area contributed by atoms with E-state index in [1.54, 1.807) is 18.5 Å². The fourth-order valence-electron chi connectivity index (χ4n) is 2.57. The molecule has 1 aliphatic rings. The van der Waals surface area contributed by atoms with Crippen molar-refractivity contribution in [1.82, 2.24) is 15.3 Å². The van der Waals surface area contributed by atoms with Gasteiger partial charge in [0, 0.05) is 49.2 Å². The summed E-state index contributed by atoms with van der Waals surface area (Å²) >= 11 is 0. The zero-order valence-corrected chi connectivity index (χ0v) is 12.6. The maximum Gasteiger partial charge on any atom is 0.225 e. The Morgan fingerprint density at radius 3 is 2.77 bits per heavy atom. The van der Waals surface area contributed by atoms with Crippen molar-refractivity contribution in [3.05, 3.63) is 36.4 Å². The fraction of sp³-hybridized carbons (Fsp3) is 0.375. The summed E-state index contributed by atoms with van der Waals surface area (Å²) in [6.07, 6.45) is 4.60. The molecule has 116 valence electrons. The average molecular weight is 302 g/mol. The van der Waals surface area contributed by atoms with Crippen molar-refractivity contribution >= 4 is 5.95 Å². The Kier molecular flexibility index (Phi) is 4.48. The predicted molar refractivity (Wildman–Crippen MR) is 83.7 cm³/mol. The first-order valence-corrected chi connectivity index (χ1v) is 7.39. The molecule has 1 aromatic heterocycles. The van der Waals surface area contributed by atoms with Gasteiger partial charge in [0.15, 0.2) is 0 Å². The molecule has 1 N–H and O–H groups in total. The second-order valence-corrected chi connectivity index (χ2v) is 5.21. The highest BCUT2D eigenvalue weighted by molar-refractivity contribution is 5.69. The number of methoxy groups -OCH3 is 1. The van der Waals surface area contributed by atoms with Crippen molar-refractivity contribution in [1.29, 1.82) is 0 Å². The quantitative estimate of drug-likeness (QED) is 0.941. The van der Waals surface area contributed by atoms with Crippen molar-refractivity contribution in [2.24, 2.45) is 0 Å². The normalized spacial score (nSPS) is 15.5. The van der Waals surface area contributed by atoms with Crippen LogP contribution in [0.3, 0.4) is 0 Å². The highest BCUT2D eigenvalue weighted by Crippen LogP contribution is 2.30. The van der Waals surface area contributed by atoms with Crippen LogP contribution in [0.2, 0.25) is 0 Å². The molecule has 0 aliphatic carbocycles. The average Bonchev–Trinajstić information content (AvgIpc) is 2.84. The van der Waals surface area contributed by atoms with E-state index in [1.807, 2.05) is 0 Å². The van der Waals surface area contributed by atoms with Gasteiger partial charge < -0.3 is 15.0 Å². The molecule has 0 amide bonds. The third-order valence-electron chi connectivity index (χ3n) is 3.74. The van der Waals surface area contributed by atoms with Gasteiger partial charge in [0.25, 0.3) is 0 Å². The van der Waals surface area contributed by atoms with Gasteiger partial charge in [-0.1, -0.05) is 0 Å². The number of rotatable bonds is 3. The lowest BCUT2D eigenvalue weighted by Gasteiger charge is -2.19. The Morgan fingerprint density at radius 1 is 1.18 bits per heavy atom. The topological polar surface area (TPSA) is 50.3 Å². The van der Waals surface area contributed by atoms with Gasteiger partial charge in [0.2, 0.25) is 5.95 Å². The molecule has 0 atom stereocenters. The van der Waals surface area contributed by atoms with E-state index in [1.165, 1.54) is 19.2 Å². The smallest absolute Gasteiger partial charge is 0.225 e. The Bertz CT molecular complexity index is 625. The van der Waals surface area contributed by atoms with Gasteiger partial charge in [-0.25, -0.2) is 14.4 Å². The molecule has 0 spiro atoms. The number of hydrogen-bond acceptors (Lipinski definition) is 5. The molecular formula is C16H19FN4O. The van der Waals surface area contributed by atoms with Crippen molar-refractivity contribution in [2.45, 2.75) is 6.42 Å². The minimum absolute atomic E-state index is 0.324. The number of halogens is 1. The molecule has 3 rings (SSSR count). The summed E-state index contributed by atoms with van der Waals surface area (Å²) in [6.45, 7) is 3.82. The molecule has 0 radical (unpaired) electrons. The second-order valence-electron chi connectivity index (χ2n) is 5.21. The van der Waals surface area contributed by atoms with Crippen LogP contribution in [0.4, 0.5) is 10.3 Å². The summed E-state index contributed by atoms with van der Waals surface area (Å²) in [7, 11) is 1.53. The SMILES string of the molecule is COc1cc(F)ccc1-c1cnc(N2CCCNCC2)nc1. The van der Waals surface area contributed by atoms with Crippen molar-refractivity contribution in [3.8, 4) is 16.9 Å². The summed E-state index contributed by atoms with van der Waals surface area (Å²) in [5.41, 5.74) is 1.60. The maximum atomic E-state index is 13.3. The van der Waals surface area contributed by atoms with Crippen LogP contribution in [0.25, 0.3) is 11.1 Å². The molecule has 6 heteroatoms. The number of hydrogen-bond donors (Lipinski definition) is 1. The number of ether oxygens (including phenoxy) is 1. The van der Waals surface area contributed by atoms with Crippen LogP contribution < -0.4 is 15.0 Å². The van der Waals surface area contributed by atoms with Crippen LogP contribution >= 0.6 is 0 Å². The number of anilines is 1. The maximum absolute atomic E-state index is 13.3. The Hall–Kier alpha value is -2.21. The standard InChI is InChI=1S/C16H19FN4O/c1-22-15-9-13(17)3-4-14(15)12-10-19-16(20-11-12)21-7-2-5-18-6-8-21/h3-4,9-11,18H,2,5-8H2,1H3. The van der Waals surface area contributed by atoms with E-state index >= 15 is 0 Å². The van der Waals surface area contributed by atoms with E-state index in [-0.39, 0.29) is 5.82 Å². The Labute approximate surface area is 129 Å².